The molecule has 128 valence electrons. The smallest absolute Gasteiger partial charge is 0.0381 e. The maximum atomic E-state index is 2.82. The van der Waals surface area contributed by atoms with Crippen molar-refractivity contribution in [3.8, 4) is 0 Å². The predicted octanol–water partition coefficient (Wildman–Crippen LogP) is 8.08. The summed E-state index contributed by atoms with van der Waals surface area (Å²) in [4.78, 5) is 0. The van der Waals surface area contributed by atoms with Crippen LogP contribution in [0.1, 0.15) is 96.8 Å². The van der Waals surface area contributed by atoms with E-state index in [0.717, 1.165) is 0 Å². The highest BCUT2D eigenvalue weighted by Crippen LogP contribution is 2.12. The number of rotatable bonds is 14. The van der Waals surface area contributed by atoms with E-state index in [9.17, 15) is 0 Å². The van der Waals surface area contributed by atoms with Crippen LogP contribution in [0.2, 0.25) is 0 Å². The first-order valence-electron chi connectivity index (χ1n) is 8.12. The van der Waals surface area contributed by atoms with Crippen LogP contribution in [-0.2, 0) is 0 Å². The molecule has 0 aliphatic carbocycles. The molecule has 0 amide bonds. The van der Waals surface area contributed by atoms with Gasteiger partial charge in [0.1, 0.15) is 0 Å². The number of hydrogen-bond donors (Lipinski definition) is 0. The van der Waals surface area contributed by atoms with Gasteiger partial charge in [0.25, 0.3) is 0 Å². The lowest BCUT2D eigenvalue weighted by molar-refractivity contribution is 0.538. The first-order valence-corrected chi connectivity index (χ1v) is 8.93. The van der Waals surface area contributed by atoms with Crippen molar-refractivity contribution in [2.45, 2.75) is 96.8 Å². The topological polar surface area (TPSA) is 0 Å². The summed E-state index contributed by atoms with van der Waals surface area (Å²) in [6, 6.07) is 0. The minimum Gasteiger partial charge on any atom is -0.138 e. The molecule has 0 radical (unpaired) electrons. The van der Waals surface area contributed by atoms with Crippen LogP contribution in [0.3, 0.4) is 0 Å². The second-order valence-corrected chi connectivity index (χ2v) is 5.96. The van der Waals surface area contributed by atoms with E-state index in [2.05, 4.69) is 16.2 Å². The zero-order valence-corrected chi connectivity index (χ0v) is 19.7. The zero-order valence-electron chi connectivity index (χ0n) is 13.4. The van der Waals surface area contributed by atoms with Crippen molar-refractivity contribution in [3.63, 3.8) is 0 Å². The summed E-state index contributed by atoms with van der Waals surface area (Å²) < 4.78 is 0. The minimum atomic E-state index is 0. The Morgan fingerprint density at radius 3 is 0.950 bits per heavy atom. The molecule has 0 saturated heterocycles. The normalized spacial score (nSPS) is 9.30. The van der Waals surface area contributed by atoms with Gasteiger partial charge in [-0.25, -0.2) is 0 Å². The first-order chi connectivity index (χ1) is 8.41. The van der Waals surface area contributed by atoms with Crippen LogP contribution >= 0.6 is 60.2 Å². The molecule has 0 N–H and O–H groups in total. The third-order valence-electron chi connectivity index (χ3n) is 3.56. The molecule has 0 aromatic rings. The number of hydrogen-bond acceptors (Lipinski definition) is 0. The average Bonchev–Trinajstić information content (AvgIpc) is 2.35. The van der Waals surface area contributed by atoms with Gasteiger partial charge in [-0.2, -0.15) is 0 Å². The molecule has 0 nitrogen and oxygen atoms in total. The summed E-state index contributed by atoms with van der Waals surface area (Å²) in [6.45, 7) is 2.29. The van der Waals surface area contributed by atoms with Crippen LogP contribution in [-0.4, -0.2) is 6.16 Å². The Balaban J connectivity index is -0.000000427. The monoisotopic (exact) mass is 498 g/mol. The van der Waals surface area contributed by atoms with Gasteiger partial charge in [-0.05, 0) is 12.6 Å². The van der Waals surface area contributed by atoms with Crippen LogP contribution in [0.15, 0.2) is 0 Å². The summed E-state index contributed by atoms with van der Waals surface area (Å²) in [6.07, 6.45) is 21.7. The van der Waals surface area contributed by atoms with Crippen LogP contribution in [0.5, 0.6) is 0 Å². The van der Waals surface area contributed by atoms with Crippen molar-refractivity contribution in [2.75, 3.05) is 6.16 Å². The Morgan fingerprint density at radius 1 is 0.450 bits per heavy atom. The highest BCUT2D eigenvalue weighted by molar-refractivity contribution is 8.93. The molecule has 0 fully saturated rings. The second-order valence-electron chi connectivity index (χ2n) is 5.38. The van der Waals surface area contributed by atoms with Gasteiger partial charge < -0.3 is 0 Å². The summed E-state index contributed by atoms with van der Waals surface area (Å²) in [5.41, 5.74) is 0. The third kappa shape index (κ3) is 28.1. The third-order valence-corrected chi connectivity index (χ3v) is 3.97. The van der Waals surface area contributed by atoms with Crippen molar-refractivity contribution in [1.29, 1.82) is 0 Å². The summed E-state index contributed by atoms with van der Waals surface area (Å²) in [5, 5.41) is 0. The van der Waals surface area contributed by atoms with Gasteiger partial charge in [0.05, 0.1) is 0 Å². The molecule has 0 aliphatic heterocycles. The second kappa shape index (κ2) is 29.0. The molecule has 1 unspecified atom stereocenters. The molecular formula is C16H38Br3P. The Labute approximate surface area is 162 Å². The lowest BCUT2D eigenvalue weighted by atomic mass is 10.0. The fourth-order valence-corrected chi connectivity index (χ4v) is 2.63. The van der Waals surface area contributed by atoms with Crippen molar-refractivity contribution in [1.82, 2.24) is 0 Å². The molecule has 0 heterocycles. The maximum Gasteiger partial charge on any atom is -0.0381 e. The van der Waals surface area contributed by atoms with E-state index in [1.54, 1.807) is 0 Å². The molecule has 0 rings (SSSR count). The van der Waals surface area contributed by atoms with Crippen LogP contribution in [0.25, 0.3) is 0 Å². The molecule has 0 saturated carbocycles. The van der Waals surface area contributed by atoms with E-state index < -0.39 is 0 Å². The minimum absolute atomic E-state index is 0. The van der Waals surface area contributed by atoms with Gasteiger partial charge in [-0.1, -0.05) is 90.4 Å². The fraction of sp³-hybridized carbons (Fsp3) is 1.00. The van der Waals surface area contributed by atoms with Crippen LogP contribution < -0.4 is 0 Å². The van der Waals surface area contributed by atoms with Gasteiger partial charge in [0.2, 0.25) is 0 Å². The van der Waals surface area contributed by atoms with E-state index in [0.29, 0.717) is 0 Å². The Hall–Kier alpha value is 1.87. The summed E-state index contributed by atoms with van der Waals surface area (Å²) in [5.74, 6) is 0. The van der Waals surface area contributed by atoms with Gasteiger partial charge in [0, 0.05) is 0 Å². The van der Waals surface area contributed by atoms with Crippen molar-refractivity contribution >= 4 is 60.2 Å². The molecular weight excluding hydrogens is 463 g/mol. The molecule has 0 spiro atoms. The number of unbranched alkanes of at least 4 members (excludes halogenated alkanes) is 13. The van der Waals surface area contributed by atoms with E-state index in [4.69, 9.17) is 0 Å². The largest absolute Gasteiger partial charge is 0.138 e. The van der Waals surface area contributed by atoms with Crippen molar-refractivity contribution in [2.24, 2.45) is 0 Å². The van der Waals surface area contributed by atoms with Crippen molar-refractivity contribution < 1.29 is 0 Å². The summed E-state index contributed by atoms with van der Waals surface area (Å²) >= 11 is 0. The Bertz CT molecular complexity index is 121. The first kappa shape index (κ1) is 29.8. The molecule has 20 heavy (non-hydrogen) atoms. The zero-order chi connectivity index (χ0) is 12.6. The average molecular weight is 501 g/mol. The lowest BCUT2D eigenvalue weighted by Crippen LogP contribution is -1.83. The molecule has 0 aromatic carbocycles. The quantitative estimate of drug-likeness (QED) is 0.167. The maximum absolute atomic E-state index is 2.82. The molecule has 1 atom stereocenters. The SMILES string of the molecule is Br.Br.Br.CCCCCCCCCCCCCCCCP. The molecule has 4 heteroatoms. The summed E-state index contributed by atoms with van der Waals surface area (Å²) in [7, 11) is 2.82. The molecule has 0 aliphatic rings. The van der Waals surface area contributed by atoms with Gasteiger partial charge in [-0.3, -0.25) is 0 Å². The van der Waals surface area contributed by atoms with E-state index in [1.165, 1.54) is 96.1 Å². The lowest BCUT2D eigenvalue weighted by Gasteiger charge is -2.02. The van der Waals surface area contributed by atoms with Crippen LogP contribution in [0.4, 0.5) is 0 Å². The Kier molecular flexibility index (Phi) is 43.2. The van der Waals surface area contributed by atoms with E-state index in [-0.39, 0.29) is 50.9 Å². The van der Waals surface area contributed by atoms with Crippen LogP contribution in [0, 0.1) is 0 Å². The number of halogens is 3. The van der Waals surface area contributed by atoms with E-state index >= 15 is 0 Å². The standard InChI is InChI=1S/C16H35P.3BrH/c1-2-3-4-5-6-7-8-9-10-11-12-13-14-15-16-17;;;/h2-17H2,1H3;3*1H. The van der Waals surface area contributed by atoms with Gasteiger partial charge in [-0.15, -0.1) is 60.2 Å². The van der Waals surface area contributed by atoms with Crippen molar-refractivity contribution in [3.05, 3.63) is 0 Å². The highest BCUT2D eigenvalue weighted by Gasteiger charge is 1.93. The molecule has 0 bridgehead atoms. The van der Waals surface area contributed by atoms with Gasteiger partial charge in [0.15, 0.2) is 0 Å². The Morgan fingerprint density at radius 2 is 0.700 bits per heavy atom. The predicted molar refractivity (Wildman–Crippen MR) is 116 cm³/mol. The van der Waals surface area contributed by atoms with E-state index in [1.807, 2.05) is 0 Å². The highest BCUT2D eigenvalue weighted by atomic mass is 79.9. The fourth-order valence-electron chi connectivity index (χ4n) is 2.34. The van der Waals surface area contributed by atoms with Gasteiger partial charge >= 0.3 is 0 Å². The molecule has 0 aromatic heterocycles.